The van der Waals surface area contributed by atoms with Gasteiger partial charge in [-0.1, -0.05) is 42.6 Å². The van der Waals surface area contributed by atoms with Gasteiger partial charge in [-0.3, -0.25) is 0 Å². The summed E-state index contributed by atoms with van der Waals surface area (Å²) in [5.74, 6) is 2.12. The molecule has 0 heterocycles. The lowest BCUT2D eigenvalue weighted by Crippen LogP contribution is -2.31. The molecular weight excluding hydrogens is 265 g/mol. The summed E-state index contributed by atoms with van der Waals surface area (Å²) in [5.41, 5.74) is 7.11. The Labute approximate surface area is 120 Å². The molecule has 1 aromatic carbocycles. The maximum Gasteiger partial charge on any atom is 0.0452 e. The molecule has 100 valence electrons. The second-order valence-electron chi connectivity index (χ2n) is 5.61. The average molecular weight is 286 g/mol. The number of benzene rings is 1. The molecule has 2 N–H and O–H groups in total. The van der Waals surface area contributed by atoms with E-state index in [0.717, 1.165) is 23.9 Å². The van der Waals surface area contributed by atoms with Gasteiger partial charge in [-0.15, -0.1) is 0 Å². The number of nitrogens with two attached hydrogens (primary N) is 1. The fourth-order valence-corrected chi connectivity index (χ4v) is 3.58. The van der Waals surface area contributed by atoms with Crippen molar-refractivity contribution >= 4 is 23.2 Å². The van der Waals surface area contributed by atoms with Crippen LogP contribution in [0.3, 0.4) is 0 Å². The van der Waals surface area contributed by atoms with E-state index in [4.69, 9.17) is 28.9 Å². The third-order valence-corrected chi connectivity index (χ3v) is 4.79. The van der Waals surface area contributed by atoms with E-state index in [1.54, 1.807) is 0 Å². The summed E-state index contributed by atoms with van der Waals surface area (Å²) in [5, 5.41) is 1.49. The zero-order valence-corrected chi connectivity index (χ0v) is 12.3. The Balaban J connectivity index is 2.10. The first-order valence-corrected chi connectivity index (χ1v) is 7.49. The topological polar surface area (TPSA) is 26.0 Å². The van der Waals surface area contributed by atoms with Crippen molar-refractivity contribution in [3.63, 3.8) is 0 Å². The van der Waals surface area contributed by atoms with Gasteiger partial charge in [0.15, 0.2) is 0 Å². The van der Waals surface area contributed by atoms with Gasteiger partial charge in [0, 0.05) is 10.0 Å². The zero-order chi connectivity index (χ0) is 13.1. The number of halogens is 2. The van der Waals surface area contributed by atoms with Crippen molar-refractivity contribution in [1.29, 1.82) is 0 Å². The lowest BCUT2D eigenvalue weighted by Gasteiger charge is -2.34. The lowest BCUT2D eigenvalue weighted by molar-refractivity contribution is 0.193. The number of rotatable bonds is 3. The molecule has 0 spiro atoms. The third-order valence-electron chi connectivity index (χ3n) is 4.20. The Morgan fingerprint density at radius 3 is 2.67 bits per heavy atom. The van der Waals surface area contributed by atoms with Gasteiger partial charge in [-0.2, -0.15) is 0 Å². The molecule has 0 aliphatic heterocycles. The fourth-order valence-electron chi connectivity index (χ4n) is 3.09. The number of hydrogen-bond acceptors (Lipinski definition) is 1. The summed E-state index contributed by atoms with van der Waals surface area (Å²) in [6.45, 7) is 3.13. The highest BCUT2D eigenvalue weighted by molar-refractivity contribution is 6.35. The molecule has 0 bridgehead atoms. The second-order valence-corrected chi connectivity index (χ2v) is 6.46. The van der Waals surface area contributed by atoms with Gasteiger partial charge in [0.2, 0.25) is 0 Å². The van der Waals surface area contributed by atoms with Crippen LogP contribution in [0.1, 0.15) is 31.7 Å². The molecular formula is C15H21Cl2N. The molecule has 0 saturated heterocycles. The number of hydrogen-bond donors (Lipinski definition) is 1. The van der Waals surface area contributed by atoms with E-state index in [-0.39, 0.29) is 0 Å². The molecule has 1 aliphatic carbocycles. The van der Waals surface area contributed by atoms with Crippen molar-refractivity contribution in [2.24, 2.45) is 23.5 Å². The van der Waals surface area contributed by atoms with Gasteiger partial charge >= 0.3 is 0 Å². The largest absolute Gasteiger partial charge is 0.330 e. The molecule has 3 heteroatoms. The van der Waals surface area contributed by atoms with Gasteiger partial charge < -0.3 is 5.73 Å². The van der Waals surface area contributed by atoms with Crippen LogP contribution in [0.5, 0.6) is 0 Å². The van der Waals surface area contributed by atoms with E-state index < -0.39 is 0 Å². The Morgan fingerprint density at radius 2 is 2.00 bits per heavy atom. The molecule has 1 saturated carbocycles. The molecule has 1 aromatic rings. The Hall–Kier alpha value is -0.240. The highest BCUT2D eigenvalue weighted by Crippen LogP contribution is 2.36. The van der Waals surface area contributed by atoms with Crippen molar-refractivity contribution in [2.45, 2.75) is 32.6 Å². The Bertz CT molecular complexity index is 405. The average Bonchev–Trinajstić information content (AvgIpc) is 2.33. The van der Waals surface area contributed by atoms with Gasteiger partial charge in [0.05, 0.1) is 0 Å². The van der Waals surface area contributed by atoms with E-state index in [1.165, 1.54) is 24.8 Å². The molecule has 0 radical (unpaired) electrons. The summed E-state index contributed by atoms with van der Waals surface area (Å²) >= 11 is 12.2. The van der Waals surface area contributed by atoms with E-state index in [2.05, 4.69) is 13.0 Å². The minimum absolute atomic E-state index is 0.646. The summed E-state index contributed by atoms with van der Waals surface area (Å²) < 4.78 is 0. The van der Waals surface area contributed by atoms with Crippen LogP contribution in [0.4, 0.5) is 0 Å². The van der Waals surface area contributed by atoms with Crippen LogP contribution in [0.15, 0.2) is 18.2 Å². The molecule has 1 nitrogen and oxygen atoms in total. The quantitative estimate of drug-likeness (QED) is 0.867. The van der Waals surface area contributed by atoms with Gasteiger partial charge in [0.25, 0.3) is 0 Å². The summed E-state index contributed by atoms with van der Waals surface area (Å²) in [6, 6.07) is 5.81. The first-order chi connectivity index (χ1) is 8.60. The predicted molar refractivity (Wildman–Crippen MR) is 79.2 cm³/mol. The van der Waals surface area contributed by atoms with Crippen LogP contribution < -0.4 is 5.73 Å². The smallest absolute Gasteiger partial charge is 0.0452 e. The molecule has 1 fully saturated rings. The maximum atomic E-state index is 6.26. The normalized spacial score (nSPS) is 28.3. The van der Waals surface area contributed by atoms with Gasteiger partial charge in [-0.05, 0) is 61.3 Å². The van der Waals surface area contributed by atoms with Crippen molar-refractivity contribution < 1.29 is 0 Å². The minimum atomic E-state index is 0.646. The summed E-state index contributed by atoms with van der Waals surface area (Å²) in [7, 11) is 0. The Kier molecular flexibility index (Phi) is 4.94. The highest BCUT2D eigenvalue weighted by atomic mass is 35.5. The van der Waals surface area contributed by atoms with Crippen molar-refractivity contribution in [1.82, 2.24) is 0 Å². The molecule has 18 heavy (non-hydrogen) atoms. The van der Waals surface area contributed by atoms with Crippen LogP contribution >= 0.6 is 23.2 Å². The maximum absolute atomic E-state index is 6.26. The van der Waals surface area contributed by atoms with Crippen LogP contribution in [0.25, 0.3) is 0 Å². The molecule has 0 amide bonds. The molecule has 3 atom stereocenters. The Morgan fingerprint density at radius 1 is 1.22 bits per heavy atom. The van der Waals surface area contributed by atoms with Crippen LogP contribution in [0, 0.1) is 17.8 Å². The third kappa shape index (κ3) is 3.40. The molecule has 2 rings (SSSR count). The van der Waals surface area contributed by atoms with Gasteiger partial charge in [0.1, 0.15) is 0 Å². The highest BCUT2D eigenvalue weighted by Gasteiger charge is 2.28. The molecule has 1 aliphatic rings. The first kappa shape index (κ1) is 14.2. The van der Waals surface area contributed by atoms with Crippen molar-refractivity contribution in [3.8, 4) is 0 Å². The lowest BCUT2D eigenvalue weighted by atomic mass is 9.72. The SMILES string of the molecule is CC1CCC(CN)C(Cc2ccc(Cl)cc2Cl)C1. The first-order valence-electron chi connectivity index (χ1n) is 6.74. The van der Waals surface area contributed by atoms with Crippen LogP contribution in [0.2, 0.25) is 10.0 Å². The molecule has 3 unspecified atom stereocenters. The zero-order valence-electron chi connectivity index (χ0n) is 10.8. The minimum Gasteiger partial charge on any atom is -0.330 e. The predicted octanol–water partition coefficient (Wildman–Crippen LogP) is 4.55. The van der Waals surface area contributed by atoms with E-state index in [0.29, 0.717) is 16.9 Å². The van der Waals surface area contributed by atoms with Crippen LogP contribution in [-0.2, 0) is 6.42 Å². The van der Waals surface area contributed by atoms with Crippen LogP contribution in [-0.4, -0.2) is 6.54 Å². The summed E-state index contributed by atoms with van der Waals surface area (Å²) in [6.07, 6.45) is 4.86. The second kappa shape index (κ2) is 6.27. The van der Waals surface area contributed by atoms with E-state index in [1.807, 2.05) is 12.1 Å². The fraction of sp³-hybridized carbons (Fsp3) is 0.600. The summed E-state index contributed by atoms with van der Waals surface area (Å²) in [4.78, 5) is 0. The van der Waals surface area contributed by atoms with E-state index >= 15 is 0 Å². The molecule has 0 aromatic heterocycles. The van der Waals surface area contributed by atoms with Crippen molar-refractivity contribution in [2.75, 3.05) is 6.54 Å². The van der Waals surface area contributed by atoms with E-state index in [9.17, 15) is 0 Å². The van der Waals surface area contributed by atoms with Crippen molar-refractivity contribution in [3.05, 3.63) is 33.8 Å². The monoisotopic (exact) mass is 285 g/mol. The standard InChI is InChI=1S/C15H21Cl2N/c1-10-2-3-12(9-18)13(6-10)7-11-4-5-14(16)8-15(11)17/h4-5,8,10,12-13H,2-3,6-7,9,18H2,1H3. The van der Waals surface area contributed by atoms with Gasteiger partial charge in [-0.25, -0.2) is 0 Å².